The normalized spacial score (nSPS) is 46.9. The summed E-state index contributed by atoms with van der Waals surface area (Å²) < 4.78 is 0. The van der Waals surface area contributed by atoms with Crippen LogP contribution in [0.1, 0.15) is 33.1 Å². The molecule has 2 heteroatoms. The lowest BCUT2D eigenvalue weighted by Gasteiger charge is -2.60. The zero-order valence-electron chi connectivity index (χ0n) is 7.50. The van der Waals surface area contributed by atoms with Crippen LogP contribution in [0.15, 0.2) is 10.6 Å². The summed E-state index contributed by atoms with van der Waals surface area (Å²) in [4.78, 5) is 13.4. The molecule has 0 aromatic heterocycles. The average molecular weight is 257 g/mol. The molecule has 0 aromatic carbocycles. The number of halogens is 1. The zero-order chi connectivity index (χ0) is 9.00. The van der Waals surface area contributed by atoms with Crippen LogP contribution in [0.3, 0.4) is 0 Å². The van der Waals surface area contributed by atoms with Crippen LogP contribution in [0, 0.1) is 23.7 Å². The Morgan fingerprint density at radius 1 is 1.29 bits per heavy atom. The molecular weight excluding hydrogens is 240 g/mol. The van der Waals surface area contributed by atoms with E-state index in [0.29, 0.717) is 17.6 Å². The lowest BCUT2D eigenvalue weighted by atomic mass is 9.42. The van der Waals surface area contributed by atoms with Crippen LogP contribution in [0.4, 0.5) is 0 Å². The third-order valence-corrected chi connectivity index (χ3v) is 4.83. The second kappa shape index (κ2) is 3.48. The summed E-state index contributed by atoms with van der Waals surface area (Å²) in [7, 11) is 0. The monoisotopic (exact) mass is 256 g/mol. The fraction of sp³-hybridized carbons (Fsp3) is 0.750. The fourth-order valence-corrected chi connectivity index (χ4v) is 4.11. The molecule has 0 radical (unpaired) electrons. The van der Waals surface area contributed by atoms with Gasteiger partial charge in [-0.3, -0.25) is 4.79 Å². The number of allylic oxidation sites excluding steroid dienone is 1. The fourth-order valence-electron chi connectivity index (χ4n) is 3.58. The van der Waals surface area contributed by atoms with Crippen molar-refractivity contribution < 1.29 is 4.79 Å². The summed E-state index contributed by atoms with van der Waals surface area (Å²) in [6.45, 7) is 0. The van der Waals surface area contributed by atoms with Crippen LogP contribution < -0.4 is 0 Å². The Bertz CT molecular complexity index is 295. The van der Waals surface area contributed by atoms with Gasteiger partial charge in [-0.15, -0.1) is 0 Å². The molecule has 3 aliphatic rings. The molecule has 3 aliphatic carbocycles. The van der Waals surface area contributed by atoms with Crippen LogP contribution in [-0.2, 0) is 4.79 Å². The molecule has 3 rings (SSSR count). The standard InChI is InChI=1S/C11H13BrO.CH4/c12-5-6-2-1-3-7-8-4-9(13)11(8)10(6)7;/h5,7-8,10-11H,1-4H2;1H4/b6-5-;/t7-,8?,10-,11?;/m1./s1. The summed E-state index contributed by atoms with van der Waals surface area (Å²) in [6, 6.07) is 0. The van der Waals surface area contributed by atoms with Crippen LogP contribution in [0.2, 0.25) is 0 Å². The van der Waals surface area contributed by atoms with Crippen molar-refractivity contribution in [3.63, 3.8) is 0 Å². The van der Waals surface area contributed by atoms with E-state index in [0.717, 1.165) is 18.3 Å². The van der Waals surface area contributed by atoms with Gasteiger partial charge in [-0.1, -0.05) is 28.9 Å². The van der Waals surface area contributed by atoms with Gasteiger partial charge in [0, 0.05) is 12.3 Å². The second-order valence-electron chi connectivity index (χ2n) is 4.63. The highest BCUT2D eigenvalue weighted by Gasteiger charge is 2.61. The first-order chi connectivity index (χ1) is 6.33. The number of ketones is 1. The van der Waals surface area contributed by atoms with Gasteiger partial charge in [0.05, 0.1) is 0 Å². The van der Waals surface area contributed by atoms with Crippen molar-refractivity contribution in [2.75, 3.05) is 0 Å². The van der Waals surface area contributed by atoms with Crippen molar-refractivity contribution in [3.8, 4) is 0 Å². The number of carbonyl (C=O) groups excluding carboxylic acids is 1. The minimum Gasteiger partial charge on any atom is -0.299 e. The highest BCUT2D eigenvalue weighted by Crippen LogP contribution is 2.62. The third-order valence-electron chi connectivity index (χ3n) is 4.24. The Morgan fingerprint density at radius 3 is 2.71 bits per heavy atom. The van der Waals surface area contributed by atoms with Crippen LogP contribution in [0.5, 0.6) is 0 Å². The van der Waals surface area contributed by atoms with Gasteiger partial charge in [0.15, 0.2) is 0 Å². The number of Topliss-reactive ketones (excluding diaryl/α,β-unsaturated/α-hetero) is 1. The number of hydrogen-bond acceptors (Lipinski definition) is 1. The maximum atomic E-state index is 11.4. The molecular formula is C12H17BrO. The topological polar surface area (TPSA) is 17.1 Å². The number of fused-ring (bicyclic) bond motifs is 4. The first kappa shape index (κ1) is 10.4. The molecule has 1 nitrogen and oxygen atoms in total. The van der Waals surface area contributed by atoms with E-state index in [9.17, 15) is 4.79 Å². The van der Waals surface area contributed by atoms with Crippen LogP contribution in [-0.4, -0.2) is 5.78 Å². The number of rotatable bonds is 0. The lowest BCUT2D eigenvalue weighted by Crippen LogP contribution is -2.60. The SMILES string of the molecule is C.O=C1CC2C1[C@@H]1/C(=C\Br)CCC[C@H]21. The highest BCUT2D eigenvalue weighted by molar-refractivity contribution is 9.11. The summed E-state index contributed by atoms with van der Waals surface area (Å²) >= 11 is 3.43. The molecule has 3 fully saturated rings. The Hall–Kier alpha value is -0.110. The van der Waals surface area contributed by atoms with E-state index in [4.69, 9.17) is 0 Å². The molecule has 0 bridgehead atoms. The molecule has 0 heterocycles. The van der Waals surface area contributed by atoms with E-state index in [2.05, 4.69) is 20.9 Å². The first-order valence-corrected chi connectivity index (χ1v) is 6.06. The molecule has 0 aromatic rings. The Balaban J connectivity index is 0.000000750. The predicted octanol–water partition coefficient (Wildman–Crippen LogP) is 3.54. The smallest absolute Gasteiger partial charge is 0.137 e. The number of carbonyl (C=O) groups is 1. The molecule has 0 amide bonds. The molecule has 2 unspecified atom stereocenters. The van der Waals surface area contributed by atoms with E-state index in [1.807, 2.05) is 0 Å². The minimum absolute atomic E-state index is 0. The molecule has 3 saturated carbocycles. The van der Waals surface area contributed by atoms with Crippen LogP contribution >= 0.6 is 15.9 Å². The van der Waals surface area contributed by atoms with Crippen molar-refractivity contribution in [1.82, 2.24) is 0 Å². The zero-order valence-corrected chi connectivity index (χ0v) is 9.09. The molecule has 14 heavy (non-hydrogen) atoms. The largest absolute Gasteiger partial charge is 0.299 e. The molecule has 0 spiro atoms. The summed E-state index contributed by atoms with van der Waals surface area (Å²) in [5, 5.41) is 0. The predicted molar refractivity (Wildman–Crippen MR) is 61.2 cm³/mol. The first-order valence-electron chi connectivity index (χ1n) is 5.15. The Kier molecular flexibility index (Phi) is 2.59. The van der Waals surface area contributed by atoms with Crippen molar-refractivity contribution in [1.29, 1.82) is 0 Å². The number of hydrogen-bond donors (Lipinski definition) is 0. The van der Waals surface area contributed by atoms with E-state index < -0.39 is 0 Å². The molecule has 78 valence electrons. The second-order valence-corrected chi connectivity index (χ2v) is 5.08. The van der Waals surface area contributed by atoms with Gasteiger partial charge in [0.25, 0.3) is 0 Å². The van der Waals surface area contributed by atoms with Gasteiger partial charge in [0.1, 0.15) is 5.78 Å². The summed E-state index contributed by atoms with van der Waals surface area (Å²) in [5.74, 6) is 3.24. The van der Waals surface area contributed by atoms with E-state index in [-0.39, 0.29) is 7.43 Å². The van der Waals surface area contributed by atoms with Gasteiger partial charge >= 0.3 is 0 Å². The third kappa shape index (κ3) is 1.09. The van der Waals surface area contributed by atoms with Crippen LogP contribution in [0.25, 0.3) is 0 Å². The Labute approximate surface area is 94.1 Å². The Morgan fingerprint density at radius 2 is 2.07 bits per heavy atom. The quantitative estimate of drug-likeness (QED) is 0.648. The van der Waals surface area contributed by atoms with Gasteiger partial charge in [0.2, 0.25) is 0 Å². The summed E-state index contributed by atoms with van der Waals surface area (Å²) in [5.41, 5.74) is 1.51. The van der Waals surface area contributed by atoms with E-state index in [1.165, 1.54) is 24.8 Å². The summed E-state index contributed by atoms with van der Waals surface area (Å²) in [6.07, 6.45) is 4.80. The van der Waals surface area contributed by atoms with Crippen molar-refractivity contribution >= 4 is 21.7 Å². The maximum Gasteiger partial charge on any atom is 0.137 e. The van der Waals surface area contributed by atoms with Crippen molar-refractivity contribution in [2.45, 2.75) is 33.1 Å². The van der Waals surface area contributed by atoms with Gasteiger partial charge < -0.3 is 0 Å². The highest BCUT2D eigenvalue weighted by atomic mass is 79.9. The van der Waals surface area contributed by atoms with E-state index in [1.54, 1.807) is 0 Å². The maximum absolute atomic E-state index is 11.4. The lowest BCUT2D eigenvalue weighted by molar-refractivity contribution is -0.161. The molecule has 0 saturated heterocycles. The van der Waals surface area contributed by atoms with Gasteiger partial charge in [-0.05, 0) is 42.0 Å². The average Bonchev–Trinajstić information content (AvgIpc) is 2.13. The van der Waals surface area contributed by atoms with Gasteiger partial charge in [-0.2, -0.15) is 0 Å². The van der Waals surface area contributed by atoms with Crippen molar-refractivity contribution in [2.24, 2.45) is 23.7 Å². The van der Waals surface area contributed by atoms with Gasteiger partial charge in [-0.25, -0.2) is 0 Å². The molecule has 4 atom stereocenters. The van der Waals surface area contributed by atoms with Crippen molar-refractivity contribution in [3.05, 3.63) is 10.6 Å². The minimum atomic E-state index is 0. The molecule has 0 N–H and O–H groups in total. The van der Waals surface area contributed by atoms with E-state index >= 15 is 0 Å². The molecule has 0 aliphatic heterocycles.